The van der Waals surface area contributed by atoms with Gasteiger partial charge in [0.05, 0.1) is 0 Å². The lowest BCUT2D eigenvalue weighted by Crippen LogP contribution is -2.12. The van der Waals surface area contributed by atoms with Crippen molar-refractivity contribution >= 4 is 11.9 Å². The van der Waals surface area contributed by atoms with Crippen LogP contribution in [-0.2, 0) is 4.79 Å². The number of carbonyl (C=O) groups is 2. The van der Waals surface area contributed by atoms with E-state index in [0.717, 1.165) is 0 Å². The van der Waals surface area contributed by atoms with Crippen LogP contribution in [0, 0.1) is 35.1 Å². The Morgan fingerprint density at radius 2 is 1.44 bits per heavy atom. The minimum absolute atomic E-state index is 1.28. The Morgan fingerprint density at radius 3 is 1.78 bits per heavy atom. The summed E-state index contributed by atoms with van der Waals surface area (Å²) in [7, 11) is 0. The monoisotopic (exact) mass is 261 g/mol. The van der Waals surface area contributed by atoms with Crippen molar-refractivity contribution in [2.24, 2.45) is 5.73 Å². The Kier molecular flexibility index (Phi) is 3.56. The fraction of sp³-hybridized carbons (Fsp3) is 0. The fourth-order valence-electron chi connectivity index (χ4n) is 1.05. The van der Waals surface area contributed by atoms with Crippen LogP contribution in [0.4, 0.5) is 17.6 Å². The topological polar surface area (TPSA) is 80.4 Å². The minimum Gasteiger partial charge on any atom is -0.477 e. The highest BCUT2D eigenvalue weighted by molar-refractivity contribution is 5.93. The highest BCUT2D eigenvalue weighted by atomic mass is 19.2. The van der Waals surface area contributed by atoms with E-state index in [1.165, 1.54) is 11.8 Å². The molecular formula is C10H3F4NO3. The Bertz CT molecular complexity index is 587. The molecule has 0 aliphatic heterocycles. The van der Waals surface area contributed by atoms with Gasteiger partial charge in [0.1, 0.15) is 11.1 Å². The van der Waals surface area contributed by atoms with Crippen LogP contribution in [-0.4, -0.2) is 17.0 Å². The normalized spacial score (nSPS) is 9.56. The molecule has 1 amide bonds. The van der Waals surface area contributed by atoms with Crippen molar-refractivity contribution in [2.75, 3.05) is 0 Å². The second kappa shape index (κ2) is 4.75. The van der Waals surface area contributed by atoms with Gasteiger partial charge in [-0.15, -0.1) is 0 Å². The van der Waals surface area contributed by atoms with Crippen LogP contribution in [0.15, 0.2) is 0 Å². The van der Waals surface area contributed by atoms with Gasteiger partial charge in [0.15, 0.2) is 23.3 Å². The number of hydrogen-bond acceptors (Lipinski definition) is 2. The highest BCUT2D eigenvalue weighted by Gasteiger charge is 2.28. The molecule has 0 heterocycles. The molecule has 0 radical (unpaired) electrons. The molecule has 4 nitrogen and oxygen atoms in total. The maximum atomic E-state index is 13.2. The van der Waals surface area contributed by atoms with Gasteiger partial charge in [0.25, 0.3) is 5.91 Å². The molecule has 0 aromatic heterocycles. The van der Waals surface area contributed by atoms with Crippen molar-refractivity contribution in [2.45, 2.75) is 0 Å². The lowest BCUT2D eigenvalue weighted by atomic mass is 10.1. The maximum absolute atomic E-state index is 13.2. The smallest absolute Gasteiger partial charge is 0.341 e. The van der Waals surface area contributed by atoms with E-state index in [0.29, 0.717) is 0 Å². The zero-order valence-electron chi connectivity index (χ0n) is 8.35. The largest absolute Gasteiger partial charge is 0.477 e. The first-order valence-electron chi connectivity index (χ1n) is 4.18. The van der Waals surface area contributed by atoms with Gasteiger partial charge in [-0.1, -0.05) is 5.92 Å². The molecule has 1 aromatic rings. The first-order chi connectivity index (χ1) is 8.27. The van der Waals surface area contributed by atoms with Gasteiger partial charge < -0.3 is 10.8 Å². The molecular weight excluding hydrogens is 258 g/mol. The number of nitrogens with two attached hydrogens (primary N) is 1. The van der Waals surface area contributed by atoms with E-state index in [1.807, 2.05) is 0 Å². The van der Waals surface area contributed by atoms with Crippen LogP contribution in [0.25, 0.3) is 0 Å². The molecule has 94 valence electrons. The Labute approximate surface area is 97.0 Å². The van der Waals surface area contributed by atoms with Crippen LogP contribution in [0.3, 0.4) is 0 Å². The number of benzene rings is 1. The number of hydrogen-bond donors (Lipinski definition) is 2. The third kappa shape index (κ3) is 2.24. The van der Waals surface area contributed by atoms with Gasteiger partial charge in [-0.2, -0.15) is 0 Å². The zero-order valence-corrected chi connectivity index (χ0v) is 8.35. The molecule has 1 rings (SSSR count). The average Bonchev–Trinajstić information content (AvgIpc) is 2.26. The molecule has 8 heteroatoms. The average molecular weight is 261 g/mol. The molecule has 1 aromatic carbocycles. The van der Waals surface area contributed by atoms with E-state index in [2.05, 4.69) is 5.73 Å². The van der Waals surface area contributed by atoms with Crippen LogP contribution in [0.2, 0.25) is 0 Å². The number of aromatic carboxylic acids is 1. The predicted octanol–water partition coefficient (Wildman–Crippen LogP) is 0.778. The van der Waals surface area contributed by atoms with Gasteiger partial charge in [0, 0.05) is 5.92 Å². The second-order valence-electron chi connectivity index (χ2n) is 2.93. The van der Waals surface area contributed by atoms with Crippen molar-refractivity contribution in [3.8, 4) is 11.8 Å². The van der Waals surface area contributed by atoms with Crippen LogP contribution < -0.4 is 5.73 Å². The van der Waals surface area contributed by atoms with Crippen molar-refractivity contribution in [3.05, 3.63) is 34.4 Å². The quantitative estimate of drug-likeness (QED) is 0.445. The Morgan fingerprint density at radius 1 is 1.00 bits per heavy atom. The van der Waals surface area contributed by atoms with Crippen molar-refractivity contribution < 1.29 is 32.3 Å². The number of rotatable bonds is 1. The van der Waals surface area contributed by atoms with Crippen molar-refractivity contribution in [1.29, 1.82) is 0 Å². The number of carboxylic acids is 1. The van der Waals surface area contributed by atoms with Crippen LogP contribution >= 0.6 is 0 Å². The highest BCUT2D eigenvalue weighted by Crippen LogP contribution is 2.23. The van der Waals surface area contributed by atoms with E-state index < -0.39 is 46.3 Å². The van der Waals surface area contributed by atoms with Gasteiger partial charge in [0.2, 0.25) is 0 Å². The predicted molar refractivity (Wildman–Crippen MR) is 49.3 cm³/mol. The number of carbonyl (C=O) groups excluding carboxylic acids is 1. The summed E-state index contributed by atoms with van der Waals surface area (Å²) in [6.07, 6.45) is 0. The van der Waals surface area contributed by atoms with Gasteiger partial charge in [-0.05, 0) is 0 Å². The lowest BCUT2D eigenvalue weighted by Gasteiger charge is -2.05. The summed E-state index contributed by atoms with van der Waals surface area (Å²) < 4.78 is 52.7. The summed E-state index contributed by atoms with van der Waals surface area (Å²) in [6.45, 7) is 0. The number of amides is 1. The molecule has 0 bridgehead atoms. The molecule has 0 aliphatic rings. The standard InChI is InChI=1S/C10H3F4NO3/c11-6-3(1-2-4(15)16)7(12)9(14)5(8(6)13)10(17)18/h(H2,15,16)(H,17,18). The summed E-state index contributed by atoms with van der Waals surface area (Å²) in [5.41, 5.74) is 1.36. The van der Waals surface area contributed by atoms with Crippen LogP contribution in [0.1, 0.15) is 15.9 Å². The lowest BCUT2D eigenvalue weighted by molar-refractivity contribution is -0.112. The summed E-state index contributed by atoms with van der Waals surface area (Å²) in [5.74, 6) is -8.77. The van der Waals surface area contributed by atoms with E-state index in [9.17, 15) is 27.2 Å². The fourth-order valence-corrected chi connectivity index (χ4v) is 1.05. The number of halogens is 4. The molecule has 18 heavy (non-hydrogen) atoms. The van der Waals surface area contributed by atoms with Gasteiger partial charge in [-0.25, -0.2) is 22.4 Å². The second-order valence-corrected chi connectivity index (χ2v) is 2.93. The summed E-state index contributed by atoms with van der Waals surface area (Å²) in [5, 5.41) is 8.38. The molecule has 0 unspecified atom stereocenters. The molecule has 0 fully saturated rings. The number of carboxylic acid groups (broad SMARTS) is 1. The van der Waals surface area contributed by atoms with E-state index in [4.69, 9.17) is 5.11 Å². The SMILES string of the molecule is NC(=O)C#Cc1c(F)c(F)c(C(=O)O)c(F)c1F. The minimum atomic E-state index is -2.18. The van der Waals surface area contributed by atoms with E-state index in [-0.39, 0.29) is 0 Å². The third-order valence-electron chi connectivity index (χ3n) is 1.79. The first-order valence-corrected chi connectivity index (χ1v) is 4.18. The van der Waals surface area contributed by atoms with Gasteiger partial charge in [-0.3, -0.25) is 4.79 Å². The summed E-state index contributed by atoms with van der Waals surface area (Å²) in [6, 6.07) is 0. The molecule has 0 saturated carbocycles. The van der Waals surface area contributed by atoms with Gasteiger partial charge >= 0.3 is 5.97 Å². The maximum Gasteiger partial charge on any atom is 0.341 e. The Hall–Kier alpha value is -2.56. The molecule has 0 spiro atoms. The first kappa shape index (κ1) is 13.5. The number of primary amides is 1. The Balaban J connectivity index is 3.65. The third-order valence-corrected chi connectivity index (χ3v) is 1.79. The summed E-state index contributed by atoms with van der Waals surface area (Å²) in [4.78, 5) is 20.7. The van der Waals surface area contributed by atoms with Crippen molar-refractivity contribution in [1.82, 2.24) is 0 Å². The van der Waals surface area contributed by atoms with E-state index >= 15 is 0 Å². The molecule has 0 aliphatic carbocycles. The molecule has 0 saturated heterocycles. The van der Waals surface area contributed by atoms with Crippen LogP contribution in [0.5, 0.6) is 0 Å². The zero-order chi connectivity index (χ0) is 14.0. The molecule has 0 atom stereocenters. The van der Waals surface area contributed by atoms with E-state index in [1.54, 1.807) is 0 Å². The van der Waals surface area contributed by atoms with Crippen molar-refractivity contribution in [3.63, 3.8) is 0 Å². The molecule has 3 N–H and O–H groups in total. The summed E-state index contributed by atoms with van der Waals surface area (Å²) >= 11 is 0.